The number of hydrazine groups is 1. The SMILES string of the molecule is NNC1Nc2ccccc2O1. The summed E-state index contributed by atoms with van der Waals surface area (Å²) in [6, 6.07) is 7.68. The van der Waals surface area contributed by atoms with Gasteiger partial charge in [0.25, 0.3) is 0 Å². The fourth-order valence-electron chi connectivity index (χ4n) is 1.06. The average Bonchev–Trinajstić information content (AvgIpc) is 2.46. The zero-order chi connectivity index (χ0) is 7.68. The number of benzene rings is 1. The van der Waals surface area contributed by atoms with Crippen molar-refractivity contribution < 1.29 is 4.74 Å². The third-order valence-corrected chi connectivity index (χ3v) is 1.57. The maximum atomic E-state index is 5.31. The monoisotopic (exact) mass is 151 g/mol. The summed E-state index contributed by atoms with van der Waals surface area (Å²) in [6.45, 7) is 0. The molecule has 0 radical (unpaired) electrons. The van der Waals surface area contributed by atoms with Gasteiger partial charge in [-0.15, -0.1) is 0 Å². The van der Waals surface area contributed by atoms with Gasteiger partial charge in [-0.25, -0.2) is 5.43 Å². The summed E-state index contributed by atoms with van der Waals surface area (Å²) in [4.78, 5) is 0. The van der Waals surface area contributed by atoms with E-state index in [4.69, 9.17) is 10.6 Å². The van der Waals surface area contributed by atoms with Gasteiger partial charge in [0, 0.05) is 0 Å². The Morgan fingerprint density at radius 3 is 3.00 bits per heavy atom. The first-order valence-corrected chi connectivity index (χ1v) is 3.38. The summed E-state index contributed by atoms with van der Waals surface area (Å²) in [5, 5.41) is 3.03. The van der Waals surface area contributed by atoms with Gasteiger partial charge in [0.05, 0.1) is 5.69 Å². The van der Waals surface area contributed by atoms with Crippen LogP contribution in [0.15, 0.2) is 24.3 Å². The molecule has 0 saturated heterocycles. The molecule has 58 valence electrons. The molecule has 11 heavy (non-hydrogen) atoms. The van der Waals surface area contributed by atoms with Crippen LogP contribution in [0.1, 0.15) is 0 Å². The van der Waals surface area contributed by atoms with Crippen LogP contribution in [0.5, 0.6) is 5.75 Å². The maximum absolute atomic E-state index is 5.31. The van der Waals surface area contributed by atoms with Crippen LogP contribution in [0.2, 0.25) is 0 Å². The predicted molar refractivity (Wildman–Crippen MR) is 41.8 cm³/mol. The van der Waals surface area contributed by atoms with Crippen LogP contribution in [-0.2, 0) is 0 Å². The molecule has 1 aromatic rings. The second-order valence-electron chi connectivity index (χ2n) is 2.31. The molecule has 0 spiro atoms. The van der Waals surface area contributed by atoms with Crippen molar-refractivity contribution in [2.45, 2.75) is 6.35 Å². The highest BCUT2D eigenvalue weighted by Gasteiger charge is 2.18. The standard InChI is InChI=1S/C7H9N3O/c8-10-7-9-5-3-1-2-4-6(5)11-7/h1-4,7,9-10H,8H2. The molecule has 2 rings (SSSR count). The van der Waals surface area contributed by atoms with Crippen molar-refractivity contribution in [1.29, 1.82) is 0 Å². The number of fused-ring (bicyclic) bond motifs is 1. The van der Waals surface area contributed by atoms with E-state index in [-0.39, 0.29) is 6.35 Å². The minimum Gasteiger partial charge on any atom is -0.454 e. The molecule has 0 aromatic heterocycles. The summed E-state index contributed by atoms with van der Waals surface area (Å²) >= 11 is 0. The Balaban J connectivity index is 2.27. The van der Waals surface area contributed by atoms with Gasteiger partial charge >= 0.3 is 0 Å². The topological polar surface area (TPSA) is 59.3 Å². The van der Waals surface area contributed by atoms with Crippen LogP contribution < -0.4 is 21.3 Å². The van der Waals surface area contributed by atoms with Crippen molar-refractivity contribution in [2.75, 3.05) is 5.32 Å². The van der Waals surface area contributed by atoms with Crippen LogP contribution in [0.3, 0.4) is 0 Å². The van der Waals surface area contributed by atoms with E-state index in [0.717, 1.165) is 11.4 Å². The second-order valence-corrected chi connectivity index (χ2v) is 2.31. The molecule has 1 unspecified atom stereocenters. The average molecular weight is 151 g/mol. The van der Waals surface area contributed by atoms with E-state index in [2.05, 4.69) is 10.7 Å². The summed E-state index contributed by atoms with van der Waals surface area (Å²) in [6.07, 6.45) is -0.299. The number of nitrogens with two attached hydrogens (primary N) is 1. The van der Waals surface area contributed by atoms with Crippen molar-refractivity contribution in [3.63, 3.8) is 0 Å². The number of hydrogen-bond donors (Lipinski definition) is 3. The molecule has 0 fully saturated rings. The van der Waals surface area contributed by atoms with Gasteiger partial charge in [0.1, 0.15) is 5.75 Å². The lowest BCUT2D eigenvalue weighted by molar-refractivity contribution is 0.214. The molecule has 1 aromatic carbocycles. The Morgan fingerprint density at radius 2 is 2.27 bits per heavy atom. The largest absolute Gasteiger partial charge is 0.454 e. The highest BCUT2D eigenvalue weighted by molar-refractivity contribution is 5.59. The van der Waals surface area contributed by atoms with E-state index in [9.17, 15) is 0 Å². The smallest absolute Gasteiger partial charge is 0.240 e. The molecule has 0 amide bonds. The molecule has 4 heteroatoms. The van der Waals surface area contributed by atoms with Crippen LogP contribution in [0.25, 0.3) is 0 Å². The van der Waals surface area contributed by atoms with Gasteiger partial charge in [-0.05, 0) is 12.1 Å². The van der Waals surface area contributed by atoms with E-state index in [1.165, 1.54) is 0 Å². The van der Waals surface area contributed by atoms with E-state index < -0.39 is 0 Å². The molecule has 1 aliphatic rings. The van der Waals surface area contributed by atoms with Crippen LogP contribution >= 0.6 is 0 Å². The number of nitrogens with one attached hydrogen (secondary N) is 2. The normalized spacial score (nSPS) is 20.3. The van der Waals surface area contributed by atoms with Crippen molar-refractivity contribution in [3.8, 4) is 5.75 Å². The molecule has 1 aliphatic heterocycles. The third kappa shape index (κ3) is 1.02. The fraction of sp³-hybridized carbons (Fsp3) is 0.143. The molecule has 1 atom stereocenters. The van der Waals surface area contributed by atoms with Gasteiger partial charge in [0.15, 0.2) is 0 Å². The second kappa shape index (κ2) is 2.41. The van der Waals surface area contributed by atoms with Crippen molar-refractivity contribution in [1.82, 2.24) is 5.43 Å². The summed E-state index contributed by atoms with van der Waals surface area (Å²) < 4.78 is 5.31. The third-order valence-electron chi connectivity index (χ3n) is 1.57. The first-order chi connectivity index (χ1) is 5.40. The molecular formula is C7H9N3O. The number of para-hydroxylation sites is 2. The Hall–Kier alpha value is -1.26. The quantitative estimate of drug-likeness (QED) is 0.397. The van der Waals surface area contributed by atoms with Crippen molar-refractivity contribution in [3.05, 3.63) is 24.3 Å². The number of ether oxygens (including phenoxy) is 1. The summed E-state index contributed by atoms with van der Waals surface area (Å²) in [5.41, 5.74) is 3.45. The zero-order valence-electron chi connectivity index (χ0n) is 5.87. The maximum Gasteiger partial charge on any atom is 0.240 e. The Morgan fingerprint density at radius 1 is 1.45 bits per heavy atom. The molecule has 0 bridgehead atoms. The van der Waals surface area contributed by atoms with Crippen LogP contribution in [0, 0.1) is 0 Å². The van der Waals surface area contributed by atoms with E-state index >= 15 is 0 Å². The van der Waals surface area contributed by atoms with Crippen LogP contribution in [0.4, 0.5) is 5.69 Å². The van der Waals surface area contributed by atoms with E-state index in [1.807, 2.05) is 24.3 Å². The lowest BCUT2D eigenvalue weighted by atomic mass is 10.3. The molecule has 0 aliphatic carbocycles. The molecule has 4 N–H and O–H groups in total. The molecule has 1 heterocycles. The Labute approximate surface area is 64.3 Å². The zero-order valence-corrected chi connectivity index (χ0v) is 5.87. The Bertz CT molecular complexity index is 239. The lowest BCUT2D eigenvalue weighted by Crippen LogP contribution is -2.42. The number of rotatable bonds is 1. The molecular weight excluding hydrogens is 142 g/mol. The van der Waals surface area contributed by atoms with Gasteiger partial charge in [0.2, 0.25) is 6.35 Å². The van der Waals surface area contributed by atoms with Gasteiger partial charge in [-0.1, -0.05) is 12.1 Å². The van der Waals surface area contributed by atoms with Gasteiger partial charge in [-0.2, -0.15) is 0 Å². The van der Waals surface area contributed by atoms with Crippen molar-refractivity contribution in [2.24, 2.45) is 5.84 Å². The highest BCUT2D eigenvalue weighted by atomic mass is 16.5. The first kappa shape index (κ1) is 6.45. The minimum atomic E-state index is -0.299. The number of hydrogen-bond acceptors (Lipinski definition) is 4. The minimum absolute atomic E-state index is 0.299. The van der Waals surface area contributed by atoms with Crippen LogP contribution in [-0.4, -0.2) is 6.35 Å². The molecule has 0 saturated carbocycles. The van der Waals surface area contributed by atoms with Gasteiger partial charge < -0.3 is 10.1 Å². The van der Waals surface area contributed by atoms with E-state index in [0.29, 0.717) is 0 Å². The first-order valence-electron chi connectivity index (χ1n) is 3.38. The Kier molecular flexibility index (Phi) is 1.41. The highest BCUT2D eigenvalue weighted by Crippen LogP contribution is 2.29. The number of anilines is 1. The van der Waals surface area contributed by atoms with Gasteiger partial charge in [-0.3, -0.25) is 5.84 Å². The molecule has 4 nitrogen and oxygen atoms in total. The fourth-order valence-corrected chi connectivity index (χ4v) is 1.06. The van der Waals surface area contributed by atoms with E-state index in [1.54, 1.807) is 0 Å². The summed E-state index contributed by atoms with van der Waals surface area (Å²) in [5.74, 6) is 6.00. The van der Waals surface area contributed by atoms with Crippen molar-refractivity contribution >= 4 is 5.69 Å². The summed E-state index contributed by atoms with van der Waals surface area (Å²) in [7, 11) is 0. The lowest BCUT2D eigenvalue weighted by Gasteiger charge is -2.07. The predicted octanol–water partition coefficient (Wildman–Crippen LogP) is 0.238.